The van der Waals surface area contributed by atoms with Gasteiger partial charge in [0.25, 0.3) is 11.8 Å². The van der Waals surface area contributed by atoms with Crippen molar-refractivity contribution in [3.63, 3.8) is 0 Å². The highest BCUT2D eigenvalue weighted by Crippen LogP contribution is 2.36. The fourth-order valence-corrected chi connectivity index (χ4v) is 7.32. The minimum atomic E-state index is -0.730. The van der Waals surface area contributed by atoms with Gasteiger partial charge in [-0.1, -0.05) is 12.7 Å². The van der Waals surface area contributed by atoms with Crippen LogP contribution >= 0.6 is 0 Å². The number of nitrogens with one attached hydrogen (secondary N) is 1. The van der Waals surface area contributed by atoms with Crippen LogP contribution in [0.3, 0.4) is 0 Å². The standard InChI is InChI=1S/C25H36N2O7.C21H32N2O5/c1-4-13-34-25(31)26-21-16-23(33-14-9-5-6-10-18(2)29)22(32-3)15-20(21)24(30)27-12-8-7-11-19(27)17-28;1-15(25)8-4-3-7-11-28-20-13-18(22)17(12-19(20)27-2)21(26)23-10-6-5-9-16(23)14-24/h4,15-16,19,28H,1,5-14,17H2,2-3H3,(H,26,31);12-13,16,24H,3-11,14,22H2,1-2H3/t19-;16-/m00/s1. The Balaban J connectivity index is 0.000000336. The Labute approximate surface area is 366 Å². The second-order valence-corrected chi connectivity index (χ2v) is 15.5. The number of ether oxygens (including phenoxy) is 5. The van der Waals surface area contributed by atoms with Crippen LogP contribution in [0.15, 0.2) is 36.9 Å². The first-order valence-corrected chi connectivity index (χ1v) is 21.7. The number of unbranched alkanes of at least 4 members (excludes halogenated alkanes) is 4. The number of anilines is 2. The lowest BCUT2D eigenvalue weighted by Crippen LogP contribution is -2.45. The number of carbonyl (C=O) groups excluding carboxylic acids is 5. The predicted octanol–water partition coefficient (Wildman–Crippen LogP) is 6.74. The quantitative estimate of drug-likeness (QED) is 0.0518. The Morgan fingerprint density at radius 2 is 1.19 bits per heavy atom. The summed E-state index contributed by atoms with van der Waals surface area (Å²) < 4.78 is 27.5. The fourth-order valence-electron chi connectivity index (χ4n) is 7.32. The van der Waals surface area contributed by atoms with E-state index < -0.39 is 6.09 Å². The minimum Gasteiger partial charge on any atom is -0.493 e. The number of Topliss-reactive ketones (excluding diaryl/α,β-unsaturated/α-hetero) is 2. The van der Waals surface area contributed by atoms with E-state index in [2.05, 4.69) is 11.9 Å². The van der Waals surface area contributed by atoms with Crippen molar-refractivity contribution in [2.24, 2.45) is 0 Å². The number of aliphatic hydroxyl groups is 2. The lowest BCUT2D eigenvalue weighted by atomic mass is 10.0. The van der Waals surface area contributed by atoms with Gasteiger partial charge in [-0.2, -0.15) is 0 Å². The van der Waals surface area contributed by atoms with E-state index in [1.165, 1.54) is 20.3 Å². The van der Waals surface area contributed by atoms with Gasteiger partial charge >= 0.3 is 6.09 Å². The maximum Gasteiger partial charge on any atom is 0.411 e. The molecule has 16 nitrogen and oxygen atoms in total. The normalized spacial score (nSPS) is 16.0. The molecule has 0 unspecified atom stereocenters. The molecule has 2 fully saturated rings. The van der Waals surface area contributed by atoms with Crippen LogP contribution in [0.25, 0.3) is 0 Å². The summed E-state index contributed by atoms with van der Waals surface area (Å²) in [6.07, 6.45) is 12.0. The maximum atomic E-state index is 13.4. The molecule has 2 aromatic rings. The van der Waals surface area contributed by atoms with Gasteiger partial charge in [0.15, 0.2) is 23.0 Å². The minimum absolute atomic E-state index is 0.0214. The largest absolute Gasteiger partial charge is 0.493 e. The molecule has 5 N–H and O–H groups in total. The monoisotopic (exact) mass is 868 g/mol. The van der Waals surface area contributed by atoms with Gasteiger partial charge in [0.2, 0.25) is 0 Å². The molecule has 4 rings (SSSR count). The third-order valence-electron chi connectivity index (χ3n) is 10.7. The van der Waals surface area contributed by atoms with Crippen LogP contribution in [0.2, 0.25) is 0 Å². The number of ketones is 2. The zero-order valence-electron chi connectivity index (χ0n) is 37.0. The molecule has 2 saturated heterocycles. The number of rotatable bonds is 23. The molecule has 2 heterocycles. The summed E-state index contributed by atoms with van der Waals surface area (Å²) >= 11 is 0. The van der Waals surface area contributed by atoms with Crippen LogP contribution in [0, 0.1) is 0 Å². The first-order chi connectivity index (χ1) is 29.9. The first-order valence-electron chi connectivity index (χ1n) is 21.7. The number of carbonyl (C=O) groups is 5. The fraction of sp³-hybridized carbons (Fsp3) is 0.587. The van der Waals surface area contributed by atoms with Crippen LogP contribution < -0.4 is 30.0 Å². The van der Waals surface area contributed by atoms with Crippen LogP contribution in [0.1, 0.15) is 124 Å². The molecule has 2 aromatic carbocycles. The lowest BCUT2D eigenvalue weighted by Gasteiger charge is -2.35. The molecule has 344 valence electrons. The molecule has 3 amide bonds. The Morgan fingerprint density at radius 3 is 1.66 bits per heavy atom. The molecule has 2 aliphatic rings. The summed E-state index contributed by atoms with van der Waals surface area (Å²) in [4.78, 5) is 64.0. The van der Waals surface area contributed by atoms with E-state index in [9.17, 15) is 34.2 Å². The summed E-state index contributed by atoms with van der Waals surface area (Å²) in [6.45, 7) is 8.55. The molecule has 0 spiro atoms. The van der Waals surface area contributed by atoms with Crippen LogP contribution in [0.4, 0.5) is 16.2 Å². The third kappa shape index (κ3) is 16.2. The van der Waals surface area contributed by atoms with Crippen LogP contribution in [0.5, 0.6) is 23.0 Å². The second kappa shape index (κ2) is 27.6. The summed E-state index contributed by atoms with van der Waals surface area (Å²) in [5, 5.41) is 21.9. The molecule has 0 aliphatic carbocycles. The van der Waals surface area contributed by atoms with Crippen molar-refractivity contribution >= 4 is 40.8 Å². The van der Waals surface area contributed by atoms with Gasteiger partial charge in [0.1, 0.15) is 18.2 Å². The Morgan fingerprint density at radius 1 is 0.710 bits per heavy atom. The van der Waals surface area contributed by atoms with Gasteiger partial charge in [0.05, 0.1) is 69.5 Å². The van der Waals surface area contributed by atoms with Gasteiger partial charge in [-0.15, -0.1) is 0 Å². The van der Waals surface area contributed by atoms with Crippen LogP contribution in [-0.4, -0.2) is 122 Å². The van der Waals surface area contributed by atoms with E-state index in [-0.39, 0.29) is 66.5 Å². The number of benzene rings is 2. The summed E-state index contributed by atoms with van der Waals surface area (Å²) in [6, 6.07) is 5.89. The smallest absolute Gasteiger partial charge is 0.411 e. The highest BCUT2D eigenvalue weighted by Gasteiger charge is 2.31. The molecular weight excluding hydrogens is 801 g/mol. The van der Waals surface area contributed by atoms with Crippen molar-refractivity contribution in [2.45, 2.75) is 116 Å². The van der Waals surface area contributed by atoms with Crippen molar-refractivity contribution in [3.05, 3.63) is 48.0 Å². The molecule has 0 saturated carbocycles. The highest BCUT2D eigenvalue weighted by atomic mass is 16.5. The molecule has 0 aromatic heterocycles. The van der Waals surface area contributed by atoms with Crippen molar-refractivity contribution in [1.29, 1.82) is 0 Å². The Bertz CT molecular complexity index is 1790. The summed E-state index contributed by atoms with van der Waals surface area (Å²) in [5.74, 6) is 1.56. The van der Waals surface area contributed by atoms with Gasteiger partial charge in [-0.05, 0) is 103 Å². The molecular formula is C46H68N4O12. The van der Waals surface area contributed by atoms with Gasteiger partial charge in [-0.25, -0.2) is 4.79 Å². The Kier molecular flexibility index (Phi) is 22.7. The van der Waals surface area contributed by atoms with E-state index in [0.29, 0.717) is 79.8 Å². The molecule has 62 heavy (non-hydrogen) atoms. The molecule has 0 bridgehead atoms. The van der Waals surface area contributed by atoms with E-state index >= 15 is 0 Å². The van der Waals surface area contributed by atoms with Gasteiger partial charge < -0.3 is 59.0 Å². The zero-order valence-corrected chi connectivity index (χ0v) is 37.0. The lowest BCUT2D eigenvalue weighted by molar-refractivity contribution is -0.118. The number of methoxy groups -OCH3 is 2. The van der Waals surface area contributed by atoms with Gasteiger partial charge in [-0.3, -0.25) is 14.9 Å². The number of aliphatic hydroxyl groups excluding tert-OH is 2. The van der Waals surface area contributed by atoms with Crippen molar-refractivity contribution < 1.29 is 57.9 Å². The van der Waals surface area contributed by atoms with Gasteiger partial charge in [0, 0.05) is 43.8 Å². The number of amides is 3. The number of piperidine rings is 2. The predicted molar refractivity (Wildman–Crippen MR) is 236 cm³/mol. The van der Waals surface area contributed by atoms with E-state index in [1.807, 2.05) is 0 Å². The number of hydrogen-bond acceptors (Lipinski definition) is 13. The number of nitrogen functional groups attached to an aromatic ring is 1. The molecule has 2 atom stereocenters. The van der Waals surface area contributed by atoms with Crippen LogP contribution in [-0.2, 0) is 14.3 Å². The van der Waals surface area contributed by atoms with Crippen molar-refractivity contribution in [2.75, 3.05) is 71.4 Å². The molecule has 0 radical (unpaired) electrons. The summed E-state index contributed by atoms with van der Waals surface area (Å²) in [5.41, 5.74) is 7.30. The SMILES string of the molecule is C=CCOC(=O)Nc1cc(OCCCCCC(C)=O)c(OC)cc1C(=O)N1CCCC[C@H]1CO.COc1cc(C(=O)N2CCCC[C@H]2CO)c(N)cc1OCCCCCC(C)=O. The Hall–Kier alpha value is -5.35. The molecule has 16 heteroatoms. The third-order valence-corrected chi connectivity index (χ3v) is 10.7. The average Bonchev–Trinajstić information content (AvgIpc) is 3.27. The second-order valence-electron chi connectivity index (χ2n) is 15.5. The average molecular weight is 869 g/mol. The highest BCUT2D eigenvalue weighted by molar-refractivity contribution is 6.04. The topological polar surface area (TPSA) is 216 Å². The first kappa shape index (κ1) is 51.0. The van der Waals surface area contributed by atoms with E-state index in [4.69, 9.17) is 29.4 Å². The van der Waals surface area contributed by atoms with Crippen molar-refractivity contribution in [1.82, 2.24) is 9.80 Å². The maximum absolute atomic E-state index is 13.4. The molecule has 2 aliphatic heterocycles. The zero-order chi connectivity index (χ0) is 45.4. The van der Waals surface area contributed by atoms with E-state index in [1.54, 1.807) is 47.9 Å². The van der Waals surface area contributed by atoms with E-state index in [0.717, 1.165) is 70.6 Å². The summed E-state index contributed by atoms with van der Waals surface area (Å²) in [7, 11) is 3.00. The number of nitrogens with two attached hydrogens (primary N) is 1. The number of hydrogen-bond donors (Lipinski definition) is 4. The van der Waals surface area contributed by atoms with Crippen molar-refractivity contribution in [3.8, 4) is 23.0 Å². The number of nitrogens with zero attached hydrogens (tertiary/aromatic N) is 2. The number of likely N-dealkylation sites (tertiary alicyclic amines) is 2.